The summed E-state index contributed by atoms with van der Waals surface area (Å²) in [6, 6.07) is 4.67. The lowest BCUT2D eigenvalue weighted by Gasteiger charge is -2.22. The van der Waals surface area contributed by atoms with E-state index in [0.29, 0.717) is 6.04 Å². The number of furan rings is 1. The third kappa shape index (κ3) is 1.52. The molecule has 0 aromatic carbocycles. The molecule has 1 unspecified atom stereocenters. The van der Waals surface area contributed by atoms with Crippen LogP contribution in [0.25, 0.3) is 0 Å². The summed E-state index contributed by atoms with van der Waals surface area (Å²) >= 11 is 1.80. The minimum absolute atomic E-state index is 0.331. The first-order valence-electron chi connectivity index (χ1n) is 5.19. The zero-order valence-corrected chi connectivity index (χ0v) is 9.43. The molecule has 2 nitrogen and oxygen atoms in total. The fourth-order valence-corrected chi connectivity index (χ4v) is 2.89. The summed E-state index contributed by atoms with van der Waals surface area (Å²) in [6.07, 6.45) is 2.80. The first-order valence-corrected chi connectivity index (χ1v) is 6.07. The summed E-state index contributed by atoms with van der Waals surface area (Å²) in [4.78, 5) is 1.36. The van der Waals surface area contributed by atoms with Crippen molar-refractivity contribution >= 4 is 11.3 Å². The van der Waals surface area contributed by atoms with Crippen LogP contribution in [0.4, 0.5) is 0 Å². The van der Waals surface area contributed by atoms with Crippen molar-refractivity contribution < 1.29 is 4.42 Å². The van der Waals surface area contributed by atoms with Gasteiger partial charge in [-0.25, -0.2) is 0 Å². The fourth-order valence-electron chi connectivity index (χ4n) is 2.16. The molecular formula is C12H13NOS. The number of hydrogen-bond acceptors (Lipinski definition) is 3. The first-order chi connectivity index (χ1) is 7.34. The van der Waals surface area contributed by atoms with E-state index < -0.39 is 0 Å². The summed E-state index contributed by atoms with van der Waals surface area (Å²) in [5, 5.41) is 5.77. The Morgan fingerprint density at radius 1 is 1.53 bits per heavy atom. The number of rotatable bonds is 1. The van der Waals surface area contributed by atoms with E-state index >= 15 is 0 Å². The van der Waals surface area contributed by atoms with Gasteiger partial charge in [-0.1, -0.05) is 0 Å². The maximum Gasteiger partial charge on any atom is 0.110 e. The van der Waals surface area contributed by atoms with Crippen LogP contribution < -0.4 is 5.32 Å². The highest BCUT2D eigenvalue weighted by Crippen LogP contribution is 2.31. The summed E-state index contributed by atoms with van der Waals surface area (Å²) in [6.45, 7) is 3.15. The van der Waals surface area contributed by atoms with Crippen molar-refractivity contribution in [3.63, 3.8) is 0 Å². The van der Waals surface area contributed by atoms with Crippen molar-refractivity contribution in [2.45, 2.75) is 19.4 Å². The Kier molecular flexibility index (Phi) is 2.15. The van der Waals surface area contributed by atoms with Crippen molar-refractivity contribution in [2.24, 2.45) is 0 Å². The average Bonchev–Trinajstić information content (AvgIpc) is 2.84. The molecule has 15 heavy (non-hydrogen) atoms. The molecule has 0 spiro atoms. The van der Waals surface area contributed by atoms with E-state index in [9.17, 15) is 0 Å². The van der Waals surface area contributed by atoms with Gasteiger partial charge >= 0.3 is 0 Å². The van der Waals surface area contributed by atoms with Crippen LogP contribution in [0.2, 0.25) is 0 Å². The topological polar surface area (TPSA) is 25.2 Å². The van der Waals surface area contributed by atoms with Crippen LogP contribution in [-0.2, 0) is 6.42 Å². The summed E-state index contributed by atoms with van der Waals surface area (Å²) in [5.41, 5.74) is 2.67. The molecule has 0 bridgehead atoms. The lowest BCUT2D eigenvalue weighted by Crippen LogP contribution is -2.29. The van der Waals surface area contributed by atoms with Crippen molar-refractivity contribution in [2.75, 3.05) is 6.54 Å². The van der Waals surface area contributed by atoms with Gasteiger partial charge in [-0.2, -0.15) is 0 Å². The molecule has 2 aromatic heterocycles. The van der Waals surface area contributed by atoms with E-state index in [1.54, 1.807) is 17.6 Å². The normalized spacial score (nSPS) is 20.2. The molecule has 3 rings (SSSR count). The van der Waals surface area contributed by atoms with Crippen LogP contribution in [0.5, 0.6) is 0 Å². The third-order valence-electron chi connectivity index (χ3n) is 2.88. The number of aryl methyl sites for hydroxylation is 1. The Morgan fingerprint density at radius 3 is 3.27 bits per heavy atom. The second-order valence-corrected chi connectivity index (χ2v) is 5.04. The Labute approximate surface area is 92.9 Å². The Bertz CT molecular complexity index is 471. The van der Waals surface area contributed by atoms with Crippen LogP contribution in [-0.4, -0.2) is 6.54 Å². The Hall–Kier alpha value is -1.06. The molecule has 1 aliphatic heterocycles. The molecule has 3 heterocycles. The summed E-state index contributed by atoms with van der Waals surface area (Å²) in [5.74, 6) is 1.14. The van der Waals surface area contributed by atoms with Gasteiger partial charge in [0.05, 0.1) is 12.3 Å². The summed E-state index contributed by atoms with van der Waals surface area (Å²) < 4.78 is 5.48. The van der Waals surface area contributed by atoms with Crippen LogP contribution in [0, 0.1) is 6.92 Å². The van der Waals surface area contributed by atoms with Gasteiger partial charge in [-0.15, -0.1) is 11.3 Å². The van der Waals surface area contributed by atoms with Gasteiger partial charge in [0.25, 0.3) is 0 Å². The van der Waals surface area contributed by atoms with E-state index in [4.69, 9.17) is 4.42 Å². The minimum Gasteiger partial charge on any atom is -0.469 e. The van der Waals surface area contributed by atoms with E-state index in [2.05, 4.69) is 29.8 Å². The predicted octanol–water partition coefficient (Wildman–Crippen LogP) is 2.88. The van der Waals surface area contributed by atoms with Gasteiger partial charge in [0.15, 0.2) is 0 Å². The molecule has 0 saturated carbocycles. The molecule has 78 valence electrons. The second kappa shape index (κ2) is 3.51. The minimum atomic E-state index is 0.331. The lowest BCUT2D eigenvalue weighted by atomic mass is 9.97. The van der Waals surface area contributed by atoms with Gasteiger partial charge in [0.2, 0.25) is 0 Å². The van der Waals surface area contributed by atoms with Gasteiger partial charge in [-0.3, -0.25) is 0 Å². The molecule has 3 heteroatoms. The van der Waals surface area contributed by atoms with Crippen LogP contribution in [0.15, 0.2) is 28.2 Å². The van der Waals surface area contributed by atoms with E-state index in [0.717, 1.165) is 18.7 Å². The molecule has 0 radical (unpaired) electrons. The second-order valence-electron chi connectivity index (χ2n) is 3.93. The SMILES string of the molecule is Cc1cc(C2NCCc3occc32)cs1. The quantitative estimate of drug-likeness (QED) is 0.797. The molecule has 0 amide bonds. The van der Waals surface area contributed by atoms with Gasteiger partial charge in [-0.05, 0) is 30.0 Å². The molecule has 1 atom stereocenters. The highest BCUT2D eigenvalue weighted by Gasteiger charge is 2.23. The number of nitrogens with one attached hydrogen (secondary N) is 1. The van der Waals surface area contributed by atoms with Crippen molar-refractivity contribution in [3.8, 4) is 0 Å². The standard InChI is InChI=1S/C12H13NOS/c1-8-6-9(7-15-8)12-10-3-5-14-11(10)2-4-13-12/h3,5-7,12-13H,2,4H2,1H3. The van der Waals surface area contributed by atoms with E-state index in [1.165, 1.54) is 16.0 Å². The average molecular weight is 219 g/mol. The predicted molar refractivity (Wildman–Crippen MR) is 61.3 cm³/mol. The van der Waals surface area contributed by atoms with E-state index in [1.807, 2.05) is 0 Å². The maximum atomic E-state index is 5.48. The zero-order valence-electron chi connectivity index (χ0n) is 8.62. The van der Waals surface area contributed by atoms with Crippen molar-refractivity contribution in [1.29, 1.82) is 0 Å². The Morgan fingerprint density at radius 2 is 2.47 bits per heavy atom. The summed E-state index contributed by atoms with van der Waals surface area (Å²) in [7, 11) is 0. The molecule has 0 fully saturated rings. The molecule has 0 aliphatic carbocycles. The van der Waals surface area contributed by atoms with Gasteiger partial charge in [0, 0.05) is 23.4 Å². The van der Waals surface area contributed by atoms with E-state index in [-0.39, 0.29) is 0 Å². The lowest BCUT2D eigenvalue weighted by molar-refractivity contribution is 0.456. The largest absolute Gasteiger partial charge is 0.469 e. The van der Waals surface area contributed by atoms with Crippen LogP contribution >= 0.6 is 11.3 Å². The molecule has 0 saturated heterocycles. The van der Waals surface area contributed by atoms with Gasteiger partial charge < -0.3 is 9.73 Å². The number of hydrogen-bond donors (Lipinski definition) is 1. The molecular weight excluding hydrogens is 206 g/mol. The molecule has 1 aliphatic rings. The monoisotopic (exact) mass is 219 g/mol. The molecule has 2 aromatic rings. The third-order valence-corrected chi connectivity index (χ3v) is 3.76. The van der Waals surface area contributed by atoms with Gasteiger partial charge in [0.1, 0.15) is 5.76 Å². The highest BCUT2D eigenvalue weighted by atomic mass is 32.1. The highest BCUT2D eigenvalue weighted by molar-refractivity contribution is 7.10. The smallest absolute Gasteiger partial charge is 0.110 e. The fraction of sp³-hybridized carbons (Fsp3) is 0.333. The van der Waals surface area contributed by atoms with Crippen LogP contribution in [0.3, 0.4) is 0 Å². The van der Waals surface area contributed by atoms with Crippen LogP contribution in [0.1, 0.15) is 27.8 Å². The van der Waals surface area contributed by atoms with Crippen molar-refractivity contribution in [3.05, 3.63) is 45.5 Å². The molecule has 1 N–H and O–H groups in total. The van der Waals surface area contributed by atoms with Crippen molar-refractivity contribution in [1.82, 2.24) is 5.32 Å². The Balaban J connectivity index is 2.02. The first kappa shape index (κ1) is 9.19. The maximum absolute atomic E-state index is 5.48. The number of thiophene rings is 1. The number of fused-ring (bicyclic) bond motifs is 1. The zero-order chi connectivity index (χ0) is 10.3.